The van der Waals surface area contributed by atoms with Gasteiger partial charge in [-0.15, -0.1) is 6.58 Å². The second-order valence-electron chi connectivity index (χ2n) is 7.52. The van der Waals surface area contributed by atoms with E-state index in [1.807, 2.05) is 36.4 Å². The molecule has 1 aromatic heterocycles. The molecule has 0 saturated carbocycles. The van der Waals surface area contributed by atoms with Gasteiger partial charge in [0, 0.05) is 37.0 Å². The Labute approximate surface area is 199 Å². The molecule has 3 aromatic rings. The van der Waals surface area contributed by atoms with Crippen LogP contribution in [0, 0.1) is 0 Å². The van der Waals surface area contributed by atoms with E-state index in [9.17, 15) is 9.59 Å². The van der Waals surface area contributed by atoms with E-state index in [0.29, 0.717) is 29.5 Å². The molecule has 0 saturated heterocycles. The quantitative estimate of drug-likeness (QED) is 0.422. The molecule has 178 valence electrons. The molecule has 1 heterocycles. The number of anilines is 1. The van der Waals surface area contributed by atoms with E-state index in [1.54, 1.807) is 41.5 Å². The molecular weight excluding hydrogens is 434 g/mol. The smallest absolute Gasteiger partial charge is 0.322 e. The number of carbonyl (C=O) groups excluding carboxylic acids is 2. The zero-order chi connectivity index (χ0) is 24.3. The molecule has 3 amide bonds. The van der Waals surface area contributed by atoms with Crippen LogP contribution in [-0.2, 0) is 17.9 Å². The highest BCUT2D eigenvalue weighted by Crippen LogP contribution is 2.26. The number of rotatable bonds is 11. The van der Waals surface area contributed by atoms with Crippen molar-refractivity contribution in [2.24, 2.45) is 0 Å². The molecule has 0 aliphatic rings. The summed E-state index contributed by atoms with van der Waals surface area (Å²) in [6.07, 6.45) is 3.15. The van der Waals surface area contributed by atoms with Crippen LogP contribution in [0.25, 0.3) is 0 Å². The van der Waals surface area contributed by atoms with Crippen molar-refractivity contribution < 1.29 is 23.5 Å². The molecule has 0 atom stereocenters. The number of amides is 3. The van der Waals surface area contributed by atoms with E-state index < -0.39 is 6.03 Å². The topological polar surface area (TPSA) is 84.3 Å². The van der Waals surface area contributed by atoms with Gasteiger partial charge in [-0.25, -0.2) is 4.79 Å². The van der Waals surface area contributed by atoms with E-state index in [2.05, 4.69) is 11.9 Å². The molecular formula is C26H29N3O5. The minimum Gasteiger partial charge on any atom is -0.497 e. The standard InChI is InChI=1S/C26H29N3O5/c1-4-12-28(26(31)27-21-14-23(32-2)16-24(15-21)33-3)19-25(30)29(18-22-11-8-13-34-22)17-20-9-6-5-7-10-20/h4-11,13-16H,1,12,17-19H2,2-3H3,(H,27,31). The van der Waals surface area contributed by atoms with Gasteiger partial charge < -0.3 is 29.0 Å². The van der Waals surface area contributed by atoms with Crippen molar-refractivity contribution in [1.29, 1.82) is 0 Å². The van der Waals surface area contributed by atoms with Crippen LogP contribution in [0.5, 0.6) is 11.5 Å². The first kappa shape index (κ1) is 24.4. The molecule has 8 heteroatoms. The molecule has 8 nitrogen and oxygen atoms in total. The monoisotopic (exact) mass is 463 g/mol. The number of furan rings is 1. The molecule has 34 heavy (non-hydrogen) atoms. The van der Waals surface area contributed by atoms with Crippen LogP contribution in [0.3, 0.4) is 0 Å². The van der Waals surface area contributed by atoms with Crippen molar-refractivity contribution in [2.45, 2.75) is 13.1 Å². The van der Waals surface area contributed by atoms with Crippen molar-refractivity contribution in [3.8, 4) is 11.5 Å². The second-order valence-corrected chi connectivity index (χ2v) is 7.52. The summed E-state index contributed by atoms with van der Waals surface area (Å²) in [4.78, 5) is 29.4. The van der Waals surface area contributed by atoms with Crippen molar-refractivity contribution in [2.75, 3.05) is 32.6 Å². The predicted molar refractivity (Wildman–Crippen MR) is 130 cm³/mol. The zero-order valence-corrected chi connectivity index (χ0v) is 19.4. The molecule has 0 spiro atoms. The lowest BCUT2D eigenvalue weighted by Gasteiger charge is -2.27. The van der Waals surface area contributed by atoms with E-state index in [-0.39, 0.29) is 25.5 Å². The molecule has 0 radical (unpaired) electrons. The highest BCUT2D eigenvalue weighted by molar-refractivity contribution is 5.92. The fraction of sp³-hybridized carbons (Fsp3) is 0.231. The minimum absolute atomic E-state index is 0.132. The number of carbonyl (C=O) groups is 2. The molecule has 0 bridgehead atoms. The molecule has 0 fully saturated rings. The maximum Gasteiger partial charge on any atom is 0.322 e. The van der Waals surface area contributed by atoms with E-state index in [4.69, 9.17) is 13.9 Å². The predicted octanol–water partition coefficient (Wildman–Crippen LogP) is 4.55. The fourth-order valence-corrected chi connectivity index (χ4v) is 3.35. The van der Waals surface area contributed by atoms with Crippen LogP contribution in [0.1, 0.15) is 11.3 Å². The largest absolute Gasteiger partial charge is 0.497 e. The molecule has 3 rings (SSSR count). The maximum absolute atomic E-state index is 13.3. The van der Waals surface area contributed by atoms with Gasteiger partial charge in [-0.1, -0.05) is 36.4 Å². The lowest BCUT2D eigenvalue weighted by Crippen LogP contribution is -2.44. The summed E-state index contributed by atoms with van der Waals surface area (Å²) in [5.74, 6) is 1.51. The van der Waals surface area contributed by atoms with Gasteiger partial charge in [0.15, 0.2) is 0 Å². The van der Waals surface area contributed by atoms with Crippen molar-refractivity contribution >= 4 is 17.6 Å². The lowest BCUT2D eigenvalue weighted by molar-refractivity contribution is -0.133. The molecule has 0 unspecified atom stereocenters. The maximum atomic E-state index is 13.3. The highest BCUT2D eigenvalue weighted by Gasteiger charge is 2.22. The lowest BCUT2D eigenvalue weighted by atomic mass is 10.2. The molecule has 1 N–H and O–H groups in total. The molecule has 2 aromatic carbocycles. The van der Waals surface area contributed by atoms with Gasteiger partial charge >= 0.3 is 6.03 Å². The SMILES string of the molecule is C=CCN(CC(=O)N(Cc1ccccc1)Cc1ccco1)C(=O)Nc1cc(OC)cc(OC)c1. The number of ether oxygens (including phenoxy) is 2. The highest BCUT2D eigenvalue weighted by atomic mass is 16.5. The Bertz CT molecular complexity index is 1060. The van der Waals surface area contributed by atoms with Crippen LogP contribution >= 0.6 is 0 Å². The Morgan fingerprint density at radius 2 is 1.68 bits per heavy atom. The number of nitrogens with one attached hydrogen (secondary N) is 1. The Kier molecular flexibility index (Phi) is 8.73. The van der Waals surface area contributed by atoms with Gasteiger partial charge in [0.2, 0.25) is 5.91 Å². The van der Waals surface area contributed by atoms with Crippen LogP contribution < -0.4 is 14.8 Å². The van der Waals surface area contributed by atoms with Gasteiger partial charge in [-0.05, 0) is 17.7 Å². The minimum atomic E-state index is -0.443. The molecule has 0 aliphatic heterocycles. The summed E-state index contributed by atoms with van der Waals surface area (Å²) < 4.78 is 16.0. The van der Waals surface area contributed by atoms with Gasteiger partial charge in [-0.2, -0.15) is 0 Å². The van der Waals surface area contributed by atoms with E-state index in [0.717, 1.165) is 5.56 Å². The number of hydrogen-bond acceptors (Lipinski definition) is 5. The third kappa shape index (κ3) is 6.90. The fourth-order valence-electron chi connectivity index (χ4n) is 3.35. The number of benzene rings is 2. The first-order chi connectivity index (χ1) is 16.5. The number of methoxy groups -OCH3 is 2. The van der Waals surface area contributed by atoms with E-state index in [1.165, 1.54) is 19.1 Å². The van der Waals surface area contributed by atoms with Crippen LogP contribution in [-0.4, -0.2) is 49.0 Å². The van der Waals surface area contributed by atoms with Crippen molar-refractivity contribution in [1.82, 2.24) is 9.80 Å². The van der Waals surface area contributed by atoms with Gasteiger partial charge in [-0.3, -0.25) is 4.79 Å². The summed E-state index contributed by atoms with van der Waals surface area (Å²) in [7, 11) is 3.06. The number of nitrogens with zero attached hydrogens (tertiary/aromatic N) is 2. The summed E-state index contributed by atoms with van der Waals surface area (Å²) in [6.45, 7) is 4.46. The van der Waals surface area contributed by atoms with Gasteiger partial charge in [0.25, 0.3) is 0 Å². The normalized spacial score (nSPS) is 10.3. The van der Waals surface area contributed by atoms with Crippen molar-refractivity contribution in [3.63, 3.8) is 0 Å². The second kappa shape index (κ2) is 12.2. The average Bonchev–Trinajstić information content (AvgIpc) is 3.36. The Morgan fingerprint density at radius 3 is 2.26 bits per heavy atom. The zero-order valence-electron chi connectivity index (χ0n) is 19.4. The number of urea groups is 1. The number of hydrogen-bond donors (Lipinski definition) is 1. The van der Waals surface area contributed by atoms with Crippen LogP contribution in [0.2, 0.25) is 0 Å². The van der Waals surface area contributed by atoms with Gasteiger partial charge in [0.05, 0.1) is 27.0 Å². The first-order valence-corrected chi connectivity index (χ1v) is 10.8. The molecule has 0 aliphatic carbocycles. The van der Waals surface area contributed by atoms with Crippen LogP contribution in [0.15, 0.2) is 84.0 Å². The average molecular weight is 464 g/mol. The van der Waals surface area contributed by atoms with Crippen LogP contribution in [0.4, 0.5) is 10.5 Å². The summed E-state index contributed by atoms with van der Waals surface area (Å²) in [6, 6.07) is 17.9. The Balaban J connectivity index is 1.75. The third-order valence-corrected chi connectivity index (χ3v) is 5.06. The van der Waals surface area contributed by atoms with Gasteiger partial charge in [0.1, 0.15) is 23.8 Å². The Morgan fingerprint density at radius 1 is 0.971 bits per heavy atom. The first-order valence-electron chi connectivity index (χ1n) is 10.8. The third-order valence-electron chi connectivity index (χ3n) is 5.06. The van der Waals surface area contributed by atoms with E-state index >= 15 is 0 Å². The van der Waals surface area contributed by atoms with Crippen molar-refractivity contribution in [3.05, 3.63) is 90.9 Å². The summed E-state index contributed by atoms with van der Waals surface area (Å²) >= 11 is 0. The summed E-state index contributed by atoms with van der Waals surface area (Å²) in [5, 5.41) is 2.81. The Hall–Kier alpha value is -4.20. The summed E-state index contributed by atoms with van der Waals surface area (Å²) in [5.41, 5.74) is 1.46.